The number of carbonyl (C=O) groups is 1. The second kappa shape index (κ2) is 5.63. The first-order valence-electron chi connectivity index (χ1n) is 5.83. The van der Waals surface area contributed by atoms with Crippen molar-refractivity contribution in [3.63, 3.8) is 0 Å². The van der Waals surface area contributed by atoms with Crippen molar-refractivity contribution < 1.29 is 4.79 Å². The van der Waals surface area contributed by atoms with Crippen molar-refractivity contribution in [1.29, 1.82) is 0 Å². The second-order valence-corrected chi connectivity index (χ2v) is 5.80. The van der Waals surface area contributed by atoms with Crippen LogP contribution in [0.2, 0.25) is 5.02 Å². The number of para-hydroxylation sites is 1. The Balaban J connectivity index is 2.20. The molecule has 19 heavy (non-hydrogen) atoms. The Bertz CT molecular complexity index is 609. The van der Waals surface area contributed by atoms with Crippen molar-refractivity contribution in [2.45, 2.75) is 13.5 Å². The molecule has 0 aliphatic carbocycles. The van der Waals surface area contributed by atoms with Crippen LogP contribution in [0.4, 0.5) is 5.69 Å². The Morgan fingerprint density at radius 1 is 1.42 bits per heavy atom. The maximum Gasteiger partial charge on any atom is 0.256 e. The molecule has 0 saturated heterocycles. The van der Waals surface area contributed by atoms with E-state index in [2.05, 4.69) is 0 Å². The average molecular weight is 295 g/mol. The number of carbonyl (C=O) groups excluding carboxylic acids is 1. The van der Waals surface area contributed by atoms with E-state index in [1.165, 1.54) is 10.4 Å². The minimum Gasteiger partial charge on any atom is -0.397 e. The van der Waals surface area contributed by atoms with Gasteiger partial charge in [-0.1, -0.05) is 17.7 Å². The monoisotopic (exact) mass is 294 g/mol. The molecule has 1 heterocycles. The van der Waals surface area contributed by atoms with Gasteiger partial charge in [0.2, 0.25) is 0 Å². The Labute approximate surface area is 121 Å². The van der Waals surface area contributed by atoms with Gasteiger partial charge < -0.3 is 10.6 Å². The van der Waals surface area contributed by atoms with Crippen molar-refractivity contribution >= 4 is 34.5 Å². The summed E-state index contributed by atoms with van der Waals surface area (Å²) < 4.78 is 0. The van der Waals surface area contributed by atoms with Crippen LogP contribution < -0.4 is 5.73 Å². The zero-order chi connectivity index (χ0) is 14.0. The van der Waals surface area contributed by atoms with Crippen LogP contribution in [0.5, 0.6) is 0 Å². The van der Waals surface area contributed by atoms with Crippen LogP contribution in [0, 0.1) is 6.92 Å². The molecule has 0 atom stereocenters. The van der Waals surface area contributed by atoms with Gasteiger partial charge in [0, 0.05) is 11.9 Å². The van der Waals surface area contributed by atoms with E-state index in [4.69, 9.17) is 17.3 Å². The highest BCUT2D eigenvalue weighted by atomic mass is 35.5. The molecule has 0 fully saturated rings. The summed E-state index contributed by atoms with van der Waals surface area (Å²) >= 11 is 7.58. The summed E-state index contributed by atoms with van der Waals surface area (Å²) in [7, 11) is 1.77. The quantitative estimate of drug-likeness (QED) is 0.880. The van der Waals surface area contributed by atoms with Gasteiger partial charge in [-0.05, 0) is 36.1 Å². The van der Waals surface area contributed by atoms with Gasteiger partial charge in [-0.25, -0.2) is 0 Å². The van der Waals surface area contributed by atoms with Crippen LogP contribution in [0.3, 0.4) is 0 Å². The summed E-state index contributed by atoms with van der Waals surface area (Å²) in [5, 5.41) is 2.43. The fourth-order valence-corrected chi connectivity index (χ4v) is 2.92. The molecular weight excluding hydrogens is 280 g/mol. The Morgan fingerprint density at radius 2 is 2.16 bits per heavy atom. The van der Waals surface area contributed by atoms with Gasteiger partial charge in [-0.3, -0.25) is 4.79 Å². The number of nitrogens with zero attached hydrogens (tertiary/aromatic N) is 1. The highest BCUT2D eigenvalue weighted by Gasteiger charge is 2.17. The third-order valence-electron chi connectivity index (χ3n) is 2.98. The molecule has 2 aromatic rings. The van der Waals surface area contributed by atoms with Crippen molar-refractivity contribution in [1.82, 2.24) is 4.90 Å². The van der Waals surface area contributed by atoms with Crippen LogP contribution in [0.25, 0.3) is 0 Å². The van der Waals surface area contributed by atoms with Crippen LogP contribution in [-0.2, 0) is 6.54 Å². The molecule has 2 rings (SSSR count). The normalized spacial score (nSPS) is 10.5. The van der Waals surface area contributed by atoms with E-state index < -0.39 is 0 Å². The maximum absolute atomic E-state index is 12.3. The first kappa shape index (κ1) is 13.9. The Kier molecular flexibility index (Phi) is 4.12. The van der Waals surface area contributed by atoms with Gasteiger partial charge in [0.15, 0.2) is 0 Å². The van der Waals surface area contributed by atoms with E-state index >= 15 is 0 Å². The predicted molar refractivity (Wildman–Crippen MR) is 80.7 cm³/mol. The minimum atomic E-state index is -0.118. The third-order valence-corrected chi connectivity index (χ3v) is 4.32. The molecule has 0 bridgehead atoms. The largest absolute Gasteiger partial charge is 0.397 e. The second-order valence-electron chi connectivity index (χ2n) is 4.39. The SMILES string of the molecule is Cc1ccsc1CN(C)C(=O)c1cccc(Cl)c1N. The number of hydrogen-bond donors (Lipinski definition) is 1. The van der Waals surface area contributed by atoms with Gasteiger partial charge in [-0.2, -0.15) is 0 Å². The number of nitrogens with two attached hydrogens (primary N) is 1. The number of benzene rings is 1. The Hall–Kier alpha value is -1.52. The van der Waals surface area contributed by atoms with Crippen molar-refractivity contribution in [2.24, 2.45) is 0 Å². The lowest BCUT2D eigenvalue weighted by Gasteiger charge is -2.18. The van der Waals surface area contributed by atoms with E-state index in [9.17, 15) is 4.79 Å². The summed E-state index contributed by atoms with van der Waals surface area (Å²) in [6.45, 7) is 2.62. The van der Waals surface area contributed by atoms with E-state index in [1.807, 2.05) is 18.4 Å². The number of aryl methyl sites for hydroxylation is 1. The Morgan fingerprint density at radius 3 is 2.79 bits per heavy atom. The van der Waals surface area contributed by atoms with E-state index in [0.717, 1.165) is 0 Å². The number of hydrogen-bond acceptors (Lipinski definition) is 3. The molecule has 1 aromatic carbocycles. The fourth-order valence-electron chi connectivity index (χ4n) is 1.78. The summed E-state index contributed by atoms with van der Waals surface area (Å²) in [4.78, 5) is 15.2. The molecule has 2 N–H and O–H groups in total. The first-order chi connectivity index (χ1) is 9.00. The van der Waals surface area contributed by atoms with Crippen LogP contribution in [0.1, 0.15) is 20.8 Å². The molecule has 3 nitrogen and oxygen atoms in total. The highest BCUT2D eigenvalue weighted by molar-refractivity contribution is 7.10. The molecule has 100 valence electrons. The van der Waals surface area contributed by atoms with Gasteiger partial charge in [0.05, 0.1) is 22.8 Å². The number of rotatable bonds is 3. The average Bonchev–Trinajstić information content (AvgIpc) is 2.77. The first-order valence-corrected chi connectivity index (χ1v) is 7.09. The number of thiophene rings is 1. The lowest BCUT2D eigenvalue weighted by molar-refractivity contribution is 0.0787. The van der Waals surface area contributed by atoms with Gasteiger partial charge in [0.1, 0.15) is 0 Å². The molecule has 0 saturated carbocycles. The molecule has 0 radical (unpaired) electrons. The van der Waals surface area contributed by atoms with Gasteiger partial charge in [-0.15, -0.1) is 11.3 Å². The number of anilines is 1. The van der Waals surface area contributed by atoms with Gasteiger partial charge in [0.25, 0.3) is 5.91 Å². The summed E-state index contributed by atoms with van der Waals surface area (Å²) in [5.74, 6) is -0.118. The lowest BCUT2D eigenvalue weighted by Crippen LogP contribution is -2.26. The van der Waals surface area contributed by atoms with Crippen molar-refractivity contribution in [3.05, 3.63) is 50.7 Å². The lowest BCUT2D eigenvalue weighted by atomic mass is 10.1. The zero-order valence-corrected chi connectivity index (χ0v) is 12.4. The summed E-state index contributed by atoms with van der Waals surface area (Å²) in [6, 6.07) is 7.15. The van der Waals surface area contributed by atoms with Crippen LogP contribution in [0.15, 0.2) is 29.6 Å². The van der Waals surface area contributed by atoms with Crippen molar-refractivity contribution in [2.75, 3.05) is 12.8 Å². The van der Waals surface area contributed by atoms with Gasteiger partial charge >= 0.3 is 0 Å². The highest BCUT2D eigenvalue weighted by Crippen LogP contribution is 2.24. The smallest absolute Gasteiger partial charge is 0.256 e. The molecule has 1 aromatic heterocycles. The number of halogens is 1. The summed E-state index contributed by atoms with van der Waals surface area (Å²) in [5.41, 5.74) is 7.83. The topological polar surface area (TPSA) is 46.3 Å². The van der Waals surface area contributed by atoms with E-state index in [1.54, 1.807) is 41.5 Å². The van der Waals surface area contributed by atoms with Crippen LogP contribution in [-0.4, -0.2) is 17.9 Å². The predicted octanol–water partition coefficient (Wildman–Crippen LogP) is 3.56. The zero-order valence-electron chi connectivity index (χ0n) is 10.8. The molecule has 0 aliphatic rings. The molecule has 0 aliphatic heterocycles. The molecular formula is C14H15ClN2OS. The molecule has 1 amide bonds. The van der Waals surface area contributed by atoms with E-state index in [0.29, 0.717) is 22.8 Å². The standard InChI is InChI=1S/C14H15ClN2OS/c1-9-6-7-19-12(9)8-17(2)14(18)10-4-3-5-11(15)13(10)16/h3-7H,8,16H2,1-2H3. The molecule has 0 spiro atoms. The maximum atomic E-state index is 12.3. The number of nitrogen functional groups attached to an aromatic ring is 1. The number of amides is 1. The molecule has 0 unspecified atom stereocenters. The summed E-state index contributed by atoms with van der Waals surface area (Å²) in [6.07, 6.45) is 0. The third kappa shape index (κ3) is 2.91. The minimum absolute atomic E-state index is 0.118. The fraction of sp³-hybridized carbons (Fsp3) is 0.214. The molecule has 5 heteroatoms. The van der Waals surface area contributed by atoms with E-state index in [-0.39, 0.29) is 5.91 Å². The van der Waals surface area contributed by atoms with Crippen molar-refractivity contribution in [3.8, 4) is 0 Å². The van der Waals surface area contributed by atoms with Crippen LogP contribution >= 0.6 is 22.9 Å².